The number of nitrogen functional groups attached to an aromatic ring is 1. The van der Waals surface area contributed by atoms with Crippen LogP contribution in [-0.4, -0.2) is 14.9 Å². The third-order valence-corrected chi connectivity index (χ3v) is 4.51. The summed E-state index contributed by atoms with van der Waals surface area (Å²) in [6, 6.07) is 1.83. The van der Waals surface area contributed by atoms with E-state index in [2.05, 4.69) is 12.0 Å². The average Bonchev–Trinajstić information content (AvgIpc) is 2.76. The van der Waals surface area contributed by atoms with Crippen LogP contribution in [0, 0.1) is 13.8 Å². The van der Waals surface area contributed by atoms with Gasteiger partial charge in [-0.2, -0.15) is 5.10 Å². The summed E-state index contributed by atoms with van der Waals surface area (Å²) in [5, 5.41) is 15.0. The number of nitrogens with two attached hydrogens (primary N) is 1. The van der Waals surface area contributed by atoms with E-state index >= 15 is 0 Å². The van der Waals surface area contributed by atoms with Gasteiger partial charge in [-0.3, -0.25) is 4.68 Å². The van der Waals surface area contributed by atoms with Gasteiger partial charge < -0.3 is 10.8 Å². The molecule has 0 bridgehead atoms. The number of aromatic nitrogens is 2. The first-order chi connectivity index (χ1) is 9.50. The number of fused-ring (bicyclic) bond motifs is 1. The molecule has 4 nitrogen and oxygen atoms in total. The Morgan fingerprint density at radius 3 is 2.30 bits per heavy atom. The number of phenolic OH excluding ortho intramolecular Hbond substituents is 1. The summed E-state index contributed by atoms with van der Waals surface area (Å²) in [5.74, 6) is 0.968. The van der Waals surface area contributed by atoms with Crippen molar-refractivity contribution in [2.45, 2.75) is 39.5 Å². The fraction of sp³-hybridized carbons (Fsp3) is 0.438. The Hall–Kier alpha value is -1.97. The van der Waals surface area contributed by atoms with Gasteiger partial charge in [0.2, 0.25) is 0 Å². The van der Waals surface area contributed by atoms with Crippen LogP contribution in [0.15, 0.2) is 6.07 Å². The second kappa shape index (κ2) is 4.54. The van der Waals surface area contributed by atoms with Gasteiger partial charge >= 0.3 is 0 Å². The molecule has 3 N–H and O–H groups in total. The van der Waals surface area contributed by atoms with Crippen LogP contribution in [0.2, 0.25) is 0 Å². The Morgan fingerprint density at radius 1 is 1.15 bits per heavy atom. The molecular formula is C16H21N3O. The molecular weight excluding hydrogens is 250 g/mol. The van der Waals surface area contributed by atoms with Crippen molar-refractivity contribution in [3.8, 4) is 17.0 Å². The third kappa shape index (κ3) is 1.79. The number of benzene rings is 1. The quantitative estimate of drug-likeness (QED) is 0.838. The van der Waals surface area contributed by atoms with Crippen LogP contribution in [0.4, 0.5) is 5.82 Å². The van der Waals surface area contributed by atoms with Crippen molar-refractivity contribution in [3.63, 3.8) is 0 Å². The SMILES string of the molecule is Cc1c(O)c(-c2cc(N)n(C)n2)c(C)c2c1CCCC2. The van der Waals surface area contributed by atoms with E-state index in [1.165, 1.54) is 24.0 Å². The highest BCUT2D eigenvalue weighted by Crippen LogP contribution is 2.41. The van der Waals surface area contributed by atoms with E-state index in [1.807, 2.05) is 20.0 Å². The summed E-state index contributed by atoms with van der Waals surface area (Å²) in [5.41, 5.74) is 12.4. The Labute approximate surface area is 119 Å². The summed E-state index contributed by atoms with van der Waals surface area (Å²) in [4.78, 5) is 0. The predicted octanol–water partition coefficient (Wildman–Crippen LogP) is 2.87. The van der Waals surface area contributed by atoms with Crippen molar-refractivity contribution in [3.05, 3.63) is 28.3 Å². The Bertz CT molecular complexity index is 666. The highest BCUT2D eigenvalue weighted by molar-refractivity contribution is 5.77. The third-order valence-electron chi connectivity index (χ3n) is 4.51. The minimum Gasteiger partial charge on any atom is -0.507 e. The molecule has 1 aromatic carbocycles. The minimum absolute atomic E-state index is 0.362. The number of aromatic hydroxyl groups is 1. The van der Waals surface area contributed by atoms with Gasteiger partial charge in [0.05, 0.1) is 5.69 Å². The molecule has 0 spiro atoms. The maximum Gasteiger partial charge on any atom is 0.128 e. The summed E-state index contributed by atoms with van der Waals surface area (Å²) in [7, 11) is 1.82. The molecule has 0 aliphatic heterocycles. The molecule has 1 heterocycles. The smallest absolute Gasteiger partial charge is 0.128 e. The molecule has 0 saturated carbocycles. The number of anilines is 1. The van der Waals surface area contributed by atoms with E-state index in [-0.39, 0.29) is 0 Å². The number of rotatable bonds is 1. The lowest BCUT2D eigenvalue weighted by Gasteiger charge is -2.23. The molecule has 3 rings (SSSR count). The van der Waals surface area contributed by atoms with E-state index < -0.39 is 0 Å². The van der Waals surface area contributed by atoms with Gasteiger partial charge in [0.1, 0.15) is 11.6 Å². The van der Waals surface area contributed by atoms with Gasteiger partial charge in [-0.15, -0.1) is 0 Å². The van der Waals surface area contributed by atoms with Gasteiger partial charge in [-0.1, -0.05) is 0 Å². The molecule has 1 aliphatic rings. The van der Waals surface area contributed by atoms with Crippen molar-refractivity contribution >= 4 is 5.82 Å². The summed E-state index contributed by atoms with van der Waals surface area (Å²) in [6.45, 7) is 4.10. The maximum absolute atomic E-state index is 10.6. The van der Waals surface area contributed by atoms with E-state index in [4.69, 9.17) is 5.73 Å². The molecule has 0 fully saturated rings. The van der Waals surface area contributed by atoms with E-state index in [1.54, 1.807) is 4.68 Å². The van der Waals surface area contributed by atoms with Crippen LogP contribution >= 0.6 is 0 Å². The van der Waals surface area contributed by atoms with Gasteiger partial charge in [0.15, 0.2) is 0 Å². The topological polar surface area (TPSA) is 64.1 Å². The van der Waals surface area contributed by atoms with Gasteiger partial charge in [0, 0.05) is 18.7 Å². The molecule has 2 aromatic rings. The molecule has 106 valence electrons. The van der Waals surface area contributed by atoms with Crippen LogP contribution in [-0.2, 0) is 19.9 Å². The van der Waals surface area contributed by atoms with Crippen LogP contribution in [0.1, 0.15) is 35.1 Å². The first-order valence-corrected chi connectivity index (χ1v) is 7.14. The highest BCUT2D eigenvalue weighted by Gasteiger charge is 2.23. The molecule has 1 aliphatic carbocycles. The monoisotopic (exact) mass is 271 g/mol. The molecule has 0 radical (unpaired) electrons. The van der Waals surface area contributed by atoms with E-state index in [0.717, 1.165) is 35.2 Å². The van der Waals surface area contributed by atoms with Crippen molar-refractivity contribution in [1.82, 2.24) is 9.78 Å². The molecule has 4 heteroatoms. The molecule has 1 aromatic heterocycles. The van der Waals surface area contributed by atoms with Crippen molar-refractivity contribution in [2.75, 3.05) is 5.73 Å². The van der Waals surface area contributed by atoms with Crippen LogP contribution in [0.3, 0.4) is 0 Å². The maximum atomic E-state index is 10.6. The number of nitrogens with zero attached hydrogens (tertiary/aromatic N) is 2. The Balaban J connectivity index is 2.28. The normalized spacial score (nSPS) is 14.3. The molecule has 0 atom stereocenters. The summed E-state index contributed by atoms with van der Waals surface area (Å²) in [6.07, 6.45) is 4.60. The standard InChI is InChI=1S/C16H21N3O/c1-9-11-6-4-5-7-12(11)10(2)16(20)15(9)13-8-14(17)19(3)18-13/h8,20H,4-7,17H2,1-3H3. The molecule has 20 heavy (non-hydrogen) atoms. The summed E-state index contributed by atoms with van der Waals surface area (Å²) >= 11 is 0. The zero-order chi connectivity index (χ0) is 14.4. The fourth-order valence-corrected chi connectivity index (χ4v) is 3.31. The number of hydrogen-bond donors (Lipinski definition) is 2. The first-order valence-electron chi connectivity index (χ1n) is 7.14. The minimum atomic E-state index is 0.362. The van der Waals surface area contributed by atoms with Crippen molar-refractivity contribution < 1.29 is 5.11 Å². The molecule has 0 saturated heterocycles. The van der Waals surface area contributed by atoms with E-state index in [9.17, 15) is 5.11 Å². The van der Waals surface area contributed by atoms with Gasteiger partial charge in [-0.05, 0) is 61.8 Å². The average molecular weight is 271 g/mol. The predicted molar refractivity (Wildman–Crippen MR) is 80.8 cm³/mol. The first kappa shape index (κ1) is 13.0. The van der Waals surface area contributed by atoms with Crippen LogP contribution in [0.25, 0.3) is 11.3 Å². The second-order valence-electron chi connectivity index (χ2n) is 5.72. The van der Waals surface area contributed by atoms with Gasteiger partial charge in [0.25, 0.3) is 0 Å². The lowest BCUT2D eigenvalue weighted by atomic mass is 9.82. The van der Waals surface area contributed by atoms with Gasteiger partial charge in [-0.25, -0.2) is 0 Å². The lowest BCUT2D eigenvalue weighted by molar-refractivity contribution is 0.469. The zero-order valence-corrected chi connectivity index (χ0v) is 12.3. The number of hydrogen-bond acceptors (Lipinski definition) is 3. The van der Waals surface area contributed by atoms with Crippen LogP contribution in [0.5, 0.6) is 5.75 Å². The highest BCUT2D eigenvalue weighted by atomic mass is 16.3. The zero-order valence-electron chi connectivity index (χ0n) is 12.3. The molecule has 0 unspecified atom stereocenters. The van der Waals surface area contributed by atoms with Crippen LogP contribution < -0.4 is 5.73 Å². The second-order valence-corrected chi connectivity index (χ2v) is 5.72. The number of aryl methyl sites for hydroxylation is 1. The largest absolute Gasteiger partial charge is 0.507 e. The van der Waals surface area contributed by atoms with E-state index in [0.29, 0.717) is 11.6 Å². The number of phenols is 1. The van der Waals surface area contributed by atoms with Crippen molar-refractivity contribution in [1.29, 1.82) is 0 Å². The van der Waals surface area contributed by atoms with Crippen molar-refractivity contribution in [2.24, 2.45) is 7.05 Å². The summed E-state index contributed by atoms with van der Waals surface area (Å²) < 4.78 is 1.64. The Kier molecular flexibility index (Phi) is 2.96. The fourth-order valence-electron chi connectivity index (χ4n) is 3.31. The Morgan fingerprint density at radius 2 is 1.75 bits per heavy atom. The molecule has 0 amide bonds. The lowest BCUT2D eigenvalue weighted by Crippen LogP contribution is -2.09.